The van der Waals surface area contributed by atoms with Crippen LogP contribution in [-0.2, 0) is 26.2 Å². The lowest BCUT2D eigenvalue weighted by molar-refractivity contribution is -0.140. The molecule has 1 N–H and O–H groups in total. The van der Waals surface area contributed by atoms with E-state index in [9.17, 15) is 18.0 Å². The predicted molar refractivity (Wildman–Crippen MR) is 146 cm³/mol. The molecule has 1 fully saturated rings. The van der Waals surface area contributed by atoms with Crippen LogP contribution in [0.2, 0.25) is 0 Å². The SMILES string of the molecule is CC[C@H](C(=O)NC1CCCC1)N(Cc1cccc(OC)c1)C(=O)CN(c1ccc(C)cc1C)S(C)(=O)=O. The van der Waals surface area contributed by atoms with Crippen LogP contribution in [0.4, 0.5) is 5.69 Å². The molecule has 202 valence electrons. The predicted octanol–water partition coefficient (Wildman–Crippen LogP) is 3.94. The van der Waals surface area contributed by atoms with Gasteiger partial charge in [0.15, 0.2) is 0 Å². The van der Waals surface area contributed by atoms with Crippen LogP contribution in [0.25, 0.3) is 0 Å². The molecule has 1 atom stereocenters. The number of hydrogen-bond acceptors (Lipinski definition) is 5. The van der Waals surface area contributed by atoms with Gasteiger partial charge in [0, 0.05) is 12.6 Å². The summed E-state index contributed by atoms with van der Waals surface area (Å²) in [6, 6.07) is 12.1. The van der Waals surface area contributed by atoms with Crippen LogP contribution in [-0.4, -0.2) is 57.1 Å². The third-order valence-corrected chi connectivity index (χ3v) is 8.00. The molecule has 0 bridgehead atoms. The molecule has 0 radical (unpaired) electrons. The number of carbonyl (C=O) groups is 2. The molecule has 0 aromatic heterocycles. The smallest absolute Gasteiger partial charge is 0.244 e. The number of carbonyl (C=O) groups excluding carboxylic acids is 2. The standard InChI is InChI=1S/C28H39N3O5S/c1-6-25(28(33)29-23-11-7-8-12-23)30(18-22-10-9-13-24(17-22)36-4)27(32)19-31(37(5,34)35)26-15-14-20(2)16-21(26)3/h9-10,13-17,23,25H,6-8,11-12,18-19H2,1-5H3,(H,29,33)/t25-/m1/s1. The molecule has 2 aromatic carbocycles. The summed E-state index contributed by atoms with van der Waals surface area (Å²) in [7, 11) is -2.20. The van der Waals surface area contributed by atoms with Crippen molar-refractivity contribution in [2.45, 2.75) is 71.5 Å². The maximum Gasteiger partial charge on any atom is 0.244 e. The Kier molecular flexibility index (Phi) is 9.59. The first-order valence-corrected chi connectivity index (χ1v) is 14.7. The van der Waals surface area contributed by atoms with E-state index in [1.54, 1.807) is 13.2 Å². The second-order valence-corrected chi connectivity index (χ2v) is 11.8. The van der Waals surface area contributed by atoms with Crippen molar-refractivity contribution in [2.75, 3.05) is 24.2 Å². The molecule has 8 nitrogen and oxygen atoms in total. The minimum absolute atomic E-state index is 0.109. The minimum Gasteiger partial charge on any atom is -0.497 e. The van der Waals surface area contributed by atoms with E-state index >= 15 is 0 Å². The van der Waals surface area contributed by atoms with E-state index in [2.05, 4.69) is 5.32 Å². The Balaban J connectivity index is 1.95. The summed E-state index contributed by atoms with van der Waals surface area (Å²) in [6.07, 6.45) is 5.51. The highest BCUT2D eigenvalue weighted by atomic mass is 32.2. The third kappa shape index (κ3) is 7.47. The average molecular weight is 530 g/mol. The number of nitrogens with one attached hydrogen (secondary N) is 1. The molecule has 0 spiro atoms. The highest BCUT2D eigenvalue weighted by Crippen LogP contribution is 2.25. The zero-order chi connectivity index (χ0) is 27.2. The summed E-state index contributed by atoms with van der Waals surface area (Å²) < 4.78 is 32.1. The average Bonchev–Trinajstić information content (AvgIpc) is 3.35. The van der Waals surface area contributed by atoms with Gasteiger partial charge in [0.05, 0.1) is 19.1 Å². The summed E-state index contributed by atoms with van der Waals surface area (Å²) in [6.45, 7) is 5.36. The summed E-state index contributed by atoms with van der Waals surface area (Å²) in [5.74, 6) is -0.00823. The molecule has 1 aliphatic carbocycles. The molecule has 1 aliphatic rings. The van der Waals surface area contributed by atoms with Crippen molar-refractivity contribution in [3.8, 4) is 5.75 Å². The Hall–Kier alpha value is -3.07. The van der Waals surface area contributed by atoms with Gasteiger partial charge in [-0.2, -0.15) is 0 Å². The Labute approximate surface area is 221 Å². The zero-order valence-corrected chi connectivity index (χ0v) is 23.3. The first-order chi connectivity index (χ1) is 17.5. The lowest BCUT2D eigenvalue weighted by Gasteiger charge is -2.33. The molecular formula is C28H39N3O5S. The Morgan fingerprint density at radius 3 is 2.41 bits per heavy atom. The van der Waals surface area contributed by atoms with Crippen LogP contribution in [0, 0.1) is 13.8 Å². The van der Waals surface area contributed by atoms with Gasteiger partial charge >= 0.3 is 0 Å². The van der Waals surface area contributed by atoms with E-state index < -0.39 is 28.5 Å². The largest absolute Gasteiger partial charge is 0.497 e. The molecule has 1 saturated carbocycles. The Bertz CT molecular complexity index is 1210. The number of hydrogen-bond donors (Lipinski definition) is 1. The van der Waals surface area contributed by atoms with Crippen LogP contribution in [0.1, 0.15) is 55.7 Å². The van der Waals surface area contributed by atoms with Crippen molar-refractivity contribution >= 4 is 27.5 Å². The fourth-order valence-corrected chi connectivity index (χ4v) is 5.84. The number of benzene rings is 2. The lowest BCUT2D eigenvalue weighted by atomic mass is 10.1. The first kappa shape index (κ1) is 28.5. The molecule has 3 rings (SSSR count). The van der Waals surface area contributed by atoms with Crippen molar-refractivity contribution in [3.63, 3.8) is 0 Å². The van der Waals surface area contributed by atoms with Crippen molar-refractivity contribution in [1.82, 2.24) is 10.2 Å². The maximum atomic E-state index is 13.9. The maximum absolute atomic E-state index is 13.9. The summed E-state index contributed by atoms with van der Waals surface area (Å²) >= 11 is 0. The van der Waals surface area contributed by atoms with Gasteiger partial charge in [-0.3, -0.25) is 13.9 Å². The van der Waals surface area contributed by atoms with Crippen LogP contribution in [0.3, 0.4) is 0 Å². The first-order valence-electron chi connectivity index (χ1n) is 12.8. The van der Waals surface area contributed by atoms with Crippen LogP contribution < -0.4 is 14.4 Å². The fourth-order valence-electron chi connectivity index (χ4n) is 4.93. The molecule has 37 heavy (non-hydrogen) atoms. The molecule has 9 heteroatoms. The molecule has 0 aliphatic heterocycles. The van der Waals surface area contributed by atoms with E-state index in [0.29, 0.717) is 17.9 Å². The topological polar surface area (TPSA) is 96.0 Å². The monoisotopic (exact) mass is 529 g/mol. The molecule has 2 amide bonds. The van der Waals surface area contributed by atoms with Crippen molar-refractivity contribution in [2.24, 2.45) is 0 Å². The molecule has 0 heterocycles. The summed E-state index contributed by atoms with van der Waals surface area (Å²) in [4.78, 5) is 28.7. The van der Waals surface area contributed by atoms with Crippen molar-refractivity contribution < 1.29 is 22.7 Å². The van der Waals surface area contributed by atoms with Gasteiger partial charge in [0.25, 0.3) is 0 Å². The summed E-state index contributed by atoms with van der Waals surface area (Å²) in [5, 5.41) is 3.11. The van der Waals surface area contributed by atoms with Crippen LogP contribution in [0.5, 0.6) is 5.75 Å². The third-order valence-electron chi connectivity index (χ3n) is 6.87. The van der Waals surface area contributed by atoms with E-state index in [1.807, 2.05) is 57.2 Å². The zero-order valence-electron chi connectivity index (χ0n) is 22.5. The second kappa shape index (κ2) is 12.4. The molecule has 0 saturated heterocycles. The van der Waals surface area contributed by atoms with Crippen LogP contribution >= 0.6 is 0 Å². The minimum atomic E-state index is -3.77. The highest BCUT2D eigenvalue weighted by Gasteiger charge is 2.33. The van der Waals surface area contributed by atoms with E-state index in [0.717, 1.165) is 52.9 Å². The number of anilines is 1. The van der Waals surface area contributed by atoms with Gasteiger partial charge in [-0.05, 0) is 62.4 Å². The normalized spacial score (nSPS) is 14.7. The lowest BCUT2D eigenvalue weighted by Crippen LogP contribution is -2.53. The van der Waals surface area contributed by atoms with E-state index in [-0.39, 0.29) is 18.5 Å². The van der Waals surface area contributed by atoms with Gasteiger partial charge in [-0.15, -0.1) is 0 Å². The van der Waals surface area contributed by atoms with E-state index in [1.165, 1.54) is 4.90 Å². The number of rotatable bonds is 11. The molecule has 0 unspecified atom stereocenters. The second-order valence-electron chi connectivity index (χ2n) is 9.85. The number of nitrogens with zero attached hydrogens (tertiary/aromatic N) is 2. The van der Waals surface area contributed by atoms with Crippen molar-refractivity contribution in [3.05, 3.63) is 59.2 Å². The number of methoxy groups -OCH3 is 1. The quantitative estimate of drug-likeness (QED) is 0.476. The summed E-state index contributed by atoms with van der Waals surface area (Å²) in [5.41, 5.74) is 2.99. The molecular weight excluding hydrogens is 490 g/mol. The van der Waals surface area contributed by atoms with E-state index in [4.69, 9.17) is 4.74 Å². The number of sulfonamides is 1. The Morgan fingerprint density at radius 2 is 1.81 bits per heavy atom. The van der Waals surface area contributed by atoms with Gasteiger partial charge in [0.2, 0.25) is 21.8 Å². The number of aryl methyl sites for hydroxylation is 2. The Morgan fingerprint density at radius 1 is 1.11 bits per heavy atom. The van der Waals surface area contributed by atoms with Crippen LogP contribution in [0.15, 0.2) is 42.5 Å². The van der Waals surface area contributed by atoms with Crippen molar-refractivity contribution in [1.29, 1.82) is 0 Å². The van der Waals surface area contributed by atoms with Gasteiger partial charge in [0.1, 0.15) is 18.3 Å². The van der Waals surface area contributed by atoms with Gasteiger partial charge in [-0.25, -0.2) is 8.42 Å². The fraction of sp³-hybridized carbons (Fsp3) is 0.500. The number of ether oxygens (including phenoxy) is 1. The highest BCUT2D eigenvalue weighted by molar-refractivity contribution is 7.92. The van der Waals surface area contributed by atoms with Gasteiger partial charge in [-0.1, -0.05) is 49.6 Å². The number of amides is 2. The van der Waals surface area contributed by atoms with Gasteiger partial charge < -0.3 is 15.0 Å². The molecule has 2 aromatic rings.